The predicted octanol–water partition coefficient (Wildman–Crippen LogP) is 2.81. The number of halogens is 4. The fourth-order valence-corrected chi connectivity index (χ4v) is 2.99. The molecular weight excluding hydrogens is 331 g/mol. The van der Waals surface area contributed by atoms with Gasteiger partial charge in [-0.2, -0.15) is 13.2 Å². The molecule has 21 heavy (non-hydrogen) atoms. The maximum absolute atomic E-state index is 12.3. The van der Waals surface area contributed by atoms with Crippen LogP contribution in [0.4, 0.5) is 13.2 Å². The molecule has 0 heterocycles. The van der Waals surface area contributed by atoms with Crippen LogP contribution in [0.5, 0.6) is 0 Å². The van der Waals surface area contributed by atoms with Crippen LogP contribution in [0, 0.1) is 0 Å². The average molecular weight is 344 g/mol. The average Bonchev–Trinajstić information content (AvgIpc) is 2.34. The van der Waals surface area contributed by atoms with Gasteiger partial charge in [0.1, 0.15) is 6.54 Å². The van der Waals surface area contributed by atoms with E-state index in [1.165, 1.54) is 12.1 Å². The van der Waals surface area contributed by atoms with Gasteiger partial charge in [0.25, 0.3) is 15.0 Å². The molecule has 1 rings (SSSR count). The van der Waals surface area contributed by atoms with Crippen molar-refractivity contribution >= 4 is 25.6 Å². The Morgan fingerprint density at radius 3 is 2.33 bits per heavy atom. The molecule has 0 atom stereocenters. The summed E-state index contributed by atoms with van der Waals surface area (Å²) < 4.78 is 59.7. The lowest BCUT2D eigenvalue weighted by Crippen LogP contribution is -2.35. The van der Waals surface area contributed by atoms with Crippen molar-refractivity contribution in [1.29, 1.82) is 0 Å². The summed E-state index contributed by atoms with van der Waals surface area (Å²) >= 11 is 0. The van der Waals surface area contributed by atoms with Gasteiger partial charge in [0.2, 0.25) is 0 Å². The van der Waals surface area contributed by atoms with E-state index in [0.29, 0.717) is 16.9 Å². The summed E-state index contributed by atoms with van der Waals surface area (Å²) in [5.74, 6) is -0.934. The van der Waals surface area contributed by atoms with E-state index in [0.717, 1.165) is 13.1 Å². The third kappa shape index (κ3) is 4.89. The molecule has 0 aliphatic heterocycles. The van der Waals surface area contributed by atoms with E-state index in [-0.39, 0.29) is 10.5 Å². The Morgan fingerprint density at radius 1 is 1.33 bits per heavy atom. The molecule has 1 amide bonds. The SMILES string of the molecule is CCc1ccc(C(=O)N(C)CC(F)(F)F)cc1S(=O)(=O)Cl. The number of carbonyl (C=O) groups is 1. The number of amides is 1. The molecule has 0 fully saturated rings. The first-order valence-electron chi connectivity index (χ1n) is 5.85. The van der Waals surface area contributed by atoms with Crippen LogP contribution in [-0.2, 0) is 15.5 Å². The number of carbonyl (C=O) groups excluding carboxylic acids is 1. The lowest BCUT2D eigenvalue weighted by atomic mass is 10.1. The highest BCUT2D eigenvalue weighted by atomic mass is 35.7. The number of hydrogen-bond acceptors (Lipinski definition) is 3. The summed E-state index contributed by atoms with van der Waals surface area (Å²) in [6, 6.07) is 3.64. The quantitative estimate of drug-likeness (QED) is 0.790. The zero-order valence-corrected chi connectivity index (χ0v) is 12.8. The normalized spacial score (nSPS) is 12.3. The van der Waals surface area contributed by atoms with Crippen molar-refractivity contribution in [3.8, 4) is 0 Å². The second-order valence-electron chi connectivity index (χ2n) is 4.39. The van der Waals surface area contributed by atoms with Gasteiger partial charge in [-0.1, -0.05) is 13.0 Å². The molecule has 1 aromatic carbocycles. The Kier molecular flexibility index (Phi) is 5.27. The molecule has 9 heteroatoms. The van der Waals surface area contributed by atoms with Crippen LogP contribution >= 0.6 is 10.7 Å². The van der Waals surface area contributed by atoms with E-state index in [1.807, 2.05) is 0 Å². The van der Waals surface area contributed by atoms with Crippen LogP contribution in [0.15, 0.2) is 23.1 Å². The number of nitrogens with zero attached hydrogens (tertiary/aromatic N) is 1. The minimum Gasteiger partial charge on any atom is -0.333 e. The van der Waals surface area contributed by atoms with Gasteiger partial charge in [0.15, 0.2) is 0 Å². The smallest absolute Gasteiger partial charge is 0.333 e. The maximum Gasteiger partial charge on any atom is 0.406 e. The Balaban J connectivity index is 3.18. The zero-order chi connectivity index (χ0) is 16.4. The highest BCUT2D eigenvalue weighted by Gasteiger charge is 2.31. The van der Waals surface area contributed by atoms with E-state index >= 15 is 0 Å². The first-order valence-corrected chi connectivity index (χ1v) is 8.16. The minimum absolute atomic E-state index is 0.168. The Bertz CT molecular complexity index is 644. The van der Waals surface area contributed by atoms with Crippen LogP contribution in [0.1, 0.15) is 22.8 Å². The van der Waals surface area contributed by atoms with E-state index < -0.39 is 27.7 Å². The van der Waals surface area contributed by atoms with Crippen molar-refractivity contribution in [1.82, 2.24) is 4.90 Å². The second-order valence-corrected chi connectivity index (χ2v) is 6.92. The van der Waals surface area contributed by atoms with E-state index in [1.54, 1.807) is 6.92 Å². The monoisotopic (exact) mass is 343 g/mol. The predicted molar refractivity (Wildman–Crippen MR) is 71.9 cm³/mol. The van der Waals surface area contributed by atoms with Gasteiger partial charge in [-0.05, 0) is 24.1 Å². The molecule has 0 saturated carbocycles. The largest absolute Gasteiger partial charge is 0.406 e. The fraction of sp³-hybridized carbons (Fsp3) is 0.417. The first-order chi connectivity index (χ1) is 9.45. The van der Waals surface area contributed by atoms with Gasteiger partial charge in [-0.3, -0.25) is 4.79 Å². The Labute approximate surface area is 124 Å². The number of alkyl halides is 3. The Morgan fingerprint density at radius 2 is 1.90 bits per heavy atom. The lowest BCUT2D eigenvalue weighted by molar-refractivity contribution is -0.138. The van der Waals surface area contributed by atoms with Gasteiger partial charge in [-0.25, -0.2) is 8.42 Å². The lowest BCUT2D eigenvalue weighted by Gasteiger charge is -2.19. The highest BCUT2D eigenvalue weighted by Crippen LogP contribution is 2.23. The van der Waals surface area contributed by atoms with Crippen LogP contribution in [-0.4, -0.2) is 39.0 Å². The number of benzene rings is 1. The molecule has 118 valence electrons. The van der Waals surface area contributed by atoms with Crippen LogP contribution < -0.4 is 0 Å². The van der Waals surface area contributed by atoms with E-state index in [2.05, 4.69) is 0 Å². The van der Waals surface area contributed by atoms with Gasteiger partial charge in [-0.15, -0.1) is 0 Å². The van der Waals surface area contributed by atoms with Crippen LogP contribution in [0.2, 0.25) is 0 Å². The summed E-state index contributed by atoms with van der Waals surface area (Å²) in [5.41, 5.74) is 0.221. The van der Waals surface area contributed by atoms with Gasteiger partial charge < -0.3 is 4.90 Å². The third-order valence-corrected chi connectivity index (χ3v) is 4.12. The summed E-state index contributed by atoms with van der Waals surface area (Å²) in [5, 5.41) is 0. The molecule has 0 aliphatic carbocycles. The molecule has 0 aliphatic rings. The topological polar surface area (TPSA) is 54.5 Å². The van der Waals surface area contributed by atoms with Crippen molar-refractivity contribution in [2.75, 3.05) is 13.6 Å². The molecule has 0 radical (unpaired) electrons. The van der Waals surface area contributed by atoms with Crippen molar-refractivity contribution in [3.63, 3.8) is 0 Å². The van der Waals surface area contributed by atoms with Gasteiger partial charge >= 0.3 is 6.18 Å². The minimum atomic E-state index is -4.53. The van der Waals surface area contributed by atoms with E-state index in [9.17, 15) is 26.4 Å². The van der Waals surface area contributed by atoms with Crippen molar-refractivity contribution in [2.45, 2.75) is 24.4 Å². The zero-order valence-electron chi connectivity index (χ0n) is 11.2. The number of hydrogen-bond donors (Lipinski definition) is 0. The molecule has 4 nitrogen and oxygen atoms in total. The maximum atomic E-state index is 12.3. The fourth-order valence-electron chi connectivity index (χ4n) is 1.77. The molecule has 0 spiro atoms. The van der Waals surface area contributed by atoms with Crippen molar-refractivity contribution in [2.24, 2.45) is 0 Å². The standard InChI is InChI=1S/C12H13ClF3NO3S/c1-3-8-4-5-9(6-10(8)21(13,19)20)11(18)17(2)7-12(14,15)16/h4-6H,3,7H2,1-2H3. The molecule has 0 unspecified atom stereocenters. The molecule has 0 aromatic heterocycles. The van der Waals surface area contributed by atoms with Crippen molar-refractivity contribution in [3.05, 3.63) is 29.3 Å². The first kappa shape index (κ1) is 17.8. The molecular formula is C12H13ClF3NO3S. The number of rotatable bonds is 4. The molecule has 1 aromatic rings. The highest BCUT2D eigenvalue weighted by molar-refractivity contribution is 8.13. The summed E-state index contributed by atoms with van der Waals surface area (Å²) in [6.45, 7) is 0.266. The van der Waals surface area contributed by atoms with Gasteiger partial charge in [0, 0.05) is 23.3 Å². The molecule has 0 bridgehead atoms. The van der Waals surface area contributed by atoms with Crippen LogP contribution in [0.25, 0.3) is 0 Å². The Hall–Kier alpha value is -1.28. The summed E-state index contributed by atoms with van der Waals surface area (Å²) in [6.07, 6.45) is -4.18. The third-order valence-electron chi connectivity index (χ3n) is 2.72. The molecule has 0 N–H and O–H groups in total. The van der Waals surface area contributed by atoms with Crippen molar-refractivity contribution < 1.29 is 26.4 Å². The number of aryl methyl sites for hydroxylation is 1. The summed E-state index contributed by atoms with van der Waals surface area (Å²) in [7, 11) is 2.17. The van der Waals surface area contributed by atoms with E-state index in [4.69, 9.17) is 10.7 Å². The van der Waals surface area contributed by atoms with Crippen LogP contribution in [0.3, 0.4) is 0 Å². The summed E-state index contributed by atoms with van der Waals surface area (Å²) in [4.78, 5) is 12.1. The van der Waals surface area contributed by atoms with Gasteiger partial charge in [0.05, 0.1) is 4.90 Å². The molecule has 0 saturated heterocycles. The second kappa shape index (κ2) is 6.23.